The van der Waals surface area contributed by atoms with E-state index in [9.17, 15) is 14.4 Å². The fraction of sp³-hybridized carbons (Fsp3) is 0.591. The third-order valence-corrected chi connectivity index (χ3v) is 6.40. The predicted molar refractivity (Wildman–Crippen MR) is 121 cm³/mol. The molecule has 2 heterocycles. The van der Waals surface area contributed by atoms with Gasteiger partial charge in [-0.1, -0.05) is 26.0 Å². The van der Waals surface area contributed by atoms with Gasteiger partial charge in [0.2, 0.25) is 17.7 Å². The zero-order chi connectivity index (χ0) is 23.4. The van der Waals surface area contributed by atoms with Gasteiger partial charge in [-0.3, -0.25) is 39.9 Å². The molecule has 10 nitrogen and oxygen atoms in total. The molecule has 3 rings (SSSR count). The van der Waals surface area contributed by atoms with E-state index in [2.05, 4.69) is 15.5 Å². The molecule has 4 N–H and O–H groups in total. The number of likely N-dealkylation sites (N-methyl/N-ethyl adjacent to an activating group) is 1. The standard InChI is InChI=1S/C22H33N7O3/c1-4-27(5-2)13-17(23)26-11-12-28-18(30)10-9-16(20(28)24)29-21(31)14-7-6-8-15(25-3)19(14)22(29)32/h6-8,14,16,19,24-25H,4-5,9-13H2,1-3H3,(H2,23,26). The van der Waals surface area contributed by atoms with Crippen molar-refractivity contribution in [3.63, 3.8) is 0 Å². The highest BCUT2D eigenvalue weighted by molar-refractivity contribution is 6.12. The minimum Gasteiger partial charge on any atom is -0.391 e. The summed E-state index contributed by atoms with van der Waals surface area (Å²) in [5, 5.41) is 22.7. The minimum absolute atomic E-state index is 0.0300. The van der Waals surface area contributed by atoms with Crippen molar-refractivity contribution >= 4 is 29.4 Å². The maximum absolute atomic E-state index is 13.2. The normalized spacial score (nSPS) is 25.4. The molecular formula is C22H33N7O3. The summed E-state index contributed by atoms with van der Waals surface area (Å²) in [6, 6.07) is -0.750. The number of likely N-dealkylation sites (tertiary alicyclic amines) is 2. The van der Waals surface area contributed by atoms with Crippen molar-refractivity contribution in [2.75, 3.05) is 39.8 Å². The lowest BCUT2D eigenvalue weighted by molar-refractivity contribution is -0.143. The van der Waals surface area contributed by atoms with Gasteiger partial charge in [0.25, 0.3) is 0 Å². The summed E-state index contributed by atoms with van der Waals surface area (Å²) >= 11 is 0. The Labute approximate surface area is 188 Å². The molecule has 2 fully saturated rings. The van der Waals surface area contributed by atoms with Gasteiger partial charge < -0.3 is 10.6 Å². The van der Waals surface area contributed by atoms with E-state index in [1.165, 1.54) is 9.80 Å². The number of carbonyl (C=O) groups excluding carboxylic acids is 3. The van der Waals surface area contributed by atoms with Gasteiger partial charge in [0.05, 0.1) is 24.4 Å². The Morgan fingerprint density at radius 3 is 2.59 bits per heavy atom. The molecule has 2 aliphatic heterocycles. The fourth-order valence-corrected chi connectivity index (χ4v) is 4.55. The minimum atomic E-state index is -0.750. The smallest absolute Gasteiger partial charge is 0.240 e. The molecule has 2 saturated heterocycles. The van der Waals surface area contributed by atoms with Gasteiger partial charge in [0, 0.05) is 32.3 Å². The fourth-order valence-electron chi connectivity index (χ4n) is 4.55. The number of carbonyl (C=O) groups is 3. The molecule has 0 aromatic rings. The Hall–Kier alpha value is -3.01. The first-order valence-electron chi connectivity index (χ1n) is 11.2. The predicted octanol–water partition coefficient (Wildman–Crippen LogP) is 0.138. The SMILES string of the molecule is CCN(CC)CC(=N)NCCN1C(=N)C(N2C(=O)C3C=CC=C(NC)C3C2=O)CCC1=O. The molecule has 0 saturated carbocycles. The van der Waals surface area contributed by atoms with Gasteiger partial charge in [-0.2, -0.15) is 0 Å². The summed E-state index contributed by atoms with van der Waals surface area (Å²) in [7, 11) is 1.72. The molecule has 3 unspecified atom stereocenters. The molecule has 0 aromatic carbocycles. The average molecular weight is 444 g/mol. The van der Waals surface area contributed by atoms with E-state index in [0.717, 1.165) is 13.1 Å². The second-order valence-corrected chi connectivity index (χ2v) is 8.16. The summed E-state index contributed by atoms with van der Waals surface area (Å²) in [5.41, 5.74) is 0.685. The first-order chi connectivity index (χ1) is 15.3. The molecular weight excluding hydrogens is 410 g/mol. The second kappa shape index (κ2) is 10.1. The summed E-state index contributed by atoms with van der Waals surface area (Å²) in [6.07, 6.45) is 5.71. The van der Waals surface area contributed by atoms with E-state index >= 15 is 0 Å². The lowest BCUT2D eigenvalue weighted by Gasteiger charge is -2.37. The molecule has 3 amide bonds. The van der Waals surface area contributed by atoms with Gasteiger partial charge in [0.1, 0.15) is 11.7 Å². The summed E-state index contributed by atoms with van der Waals surface area (Å²) in [6.45, 7) is 6.78. The number of fused-ring (bicyclic) bond motifs is 1. The van der Waals surface area contributed by atoms with Crippen LogP contribution in [0.4, 0.5) is 0 Å². The van der Waals surface area contributed by atoms with Crippen LogP contribution >= 0.6 is 0 Å². The third kappa shape index (κ3) is 4.45. The first-order valence-corrected chi connectivity index (χ1v) is 11.2. The van der Waals surface area contributed by atoms with Crippen molar-refractivity contribution in [2.45, 2.75) is 32.7 Å². The van der Waals surface area contributed by atoms with Crippen LogP contribution in [-0.4, -0.2) is 89.9 Å². The zero-order valence-corrected chi connectivity index (χ0v) is 19.0. The van der Waals surface area contributed by atoms with E-state index in [1.54, 1.807) is 25.3 Å². The molecule has 10 heteroatoms. The highest BCUT2D eigenvalue weighted by atomic mass is 16.2. The maximum atomic E-state index is 13.2. The zero-order valence-electron chi connectivity index (χ0n) is 19.0. The van der Waals surface area contributed by atoms with Crippen molar-refractivity contribution in [1.29, 1.82) is 10.8 Å². The summed E-state index contributed by atoms with van der Waals surface area (Å²) in [4.78, 5) is 43.3. The number of hydrogen-bond donors (Lipinski definition) is 4. The topological polar surface area (TPSA) is 133 Å². The van der Waals surface area contributed by atoms with E-state index in [1.807, 2.05) is 13.8 Å². The van der Waals surface area contributed by atoms with Crippen molar-refractivity contribution in [1.82, 2.24) is 25.3 Å². The summed E-state index contributed by atoms with van der Waals surface area (Å²) in [5.74, 6) is -1.69. The van der Waals surface area contributed by atoms with Crippen LogP contribution in [0, 0.1) is 22.7 Å². The van der Waals surface area contributed by atoms with Crippen LogP contribution in [0.15, 0.2) is 23.9 Å². The molecule has 3 aliphatic rings. The summed E-state index contributed by atoms with van der Waals surface area (Å²) < 4.78 is 0. The molecule has 0 aromatic heterocycles. The highest BCUT2D eigenvalue weighted by Gasteiger charge is 2.53. The number of hydrogen-bond acceptors (Lipinski definition) is 7. The van der Waals surface area contributed by atoms with Gasteiger partial charge in [0.15, 0.2) is 0 Å². The molecule has 0 radical (unpaired) electrons. The van der Waals surface area contributed by atoms with Crippen LogP contribution in [0.2, 0.25) is 0 Å². The Morgan fingerprint density at radius 1 is 1.22 bits per heavy atom. The lowest BCUT2D eigenvalue weighted by atomic mass is 9.88. The van der Waals surface area contributed by atoms with Crippen LogP contribution in [-0.2, 0) is 14.4 Å². The average Bonchev–Trinajstić information content (AvgIpc) is 3.04. The van der Waals surface area contributed by atoms with Crippen LogP contribution in [0.25, 0.3) is 0 Å². The molecule has 174 valence electrons. The van der Waals surface area contributed by atoms with Gasteiger partial charge >= 0.3 is 0 Å². The highest BCUT2D eigenvalue weighted by Crippen LogP contribution is 2.37. The largest absolute Gasteiger partial charge is 0.391 e. The van der Waals surface area contributed by atoms with Gasteiger partial charge in [-0.25, -0.2) is 0 Å². The van der Waals surface area contributed by atoms with Crippen molar-refractivity contribution in [3.8, 4) is 0 Å². The molecule has 0 spiro atoms. The Balaban J connectivity index is 1.65. The van der Waals surface area contributed by atoms with E-state index in [0.29, 0.717) is 24.6 Å². The van der Waals surface area contributed by atoms with Crippen molar-refractivity contribution in [3.05, 3.63) is 23.9 Å². The van der Waals surface area contributed by atoms with E-state index < -0.39 is 17.9 Å². The number of nitrogens with one attached hydrogen (secondary N) is 4. The number of piperidine rings is 1. The Kier molecular flexibility index (Phi) is 7.44. The Morgan fingerprint density at radius 2 is 1.94 bits per heavy atom. The van der Waals surface area contributed by atoms with E-state index in [4.69, 9.17) is 10.8 Å². The Bertz CT molecular complexity index is 862. The first kappa shape index (κ1) is 23.6. The number of allylic oxidation sites excluding steroid dienone is 2. The van der Waals surface area contributed by atoms with Crippen LogP contribution in [0.3, 0.4) is 0 Å². The maximum Gasteiger partial charge on any atom is 0.240 e. The number of amides is 3. The van der Waals surface area contributed by atoms with Crippen molar-refractivity contribution in [2.24, 2.45) is 11.8 Å². The monoisotopic (exact) mass is 443 g/mol. The van der Waals surface area contributed by atoms with Gasteiger partial charge in [-0.15, -0.1) is 0 Å². The van der Waals surface area contributed by atoms with Crippen LogP contribution in [0.5, 0.6) is 0 Å². The number of nitrogens with zero attached hydrogens (tertiary/aromatic N) is 3. The lowest BCUT2D eigenvalue weighted by Crippen LogP contribution is -2.57. The molecule has 0 bridgehead atoms. The van der Waals surface area contributed by atoms with Gasteiger partial charge in [-0.05, 0) is 25.6 Å². The third-order valence-electron chi connectivity index (χ3n) is 6.40. The quantitative estimate of drug-likeness (QED) is 0.228. The number of amidine groups is 2. The van der Waals surface area contributed by atoms with Crippen molar-refractivity contribution < 1.29 is 14.4 Å². The molecule has 3 atom stereocenters. The van der Waals surface area contributed by atoms with Crippen LogP contribution in [0.1, 0.15) is 26.7 Å². The number of imide groups is 1. The van der Waals surface area contributed by atoms with E-state index in [-0.39, 0.29) is 42.9 Å². The van der Waals surface area contributed by atoms with Crippen LogP contribution < -0.4 is 10.6 Å². The molecule has 32 heavy (non-hydrogen) atoms. The number of rotatable bonds is 9. The second-order valence-electron chi connectivity index (χ2n) is 8.16. The molecule has 1 aliphatic carbocycles.